The summed E-state index contributed by atoms with van der Waals surface area (Å²) in [7, 11) is 0. The van der Waals surface area contributed by atoms with Crippen molar-refractivity contribution in [3.63, 3.8) is 0 Å². The normalized spacial score (nSPS) is 12.3. The second-order valence-electron chi connectivity index (χ2n) is 7.54. The number of nitriles is 1. The van der Waals surface area contributed by atoms with Gasteiger partial charge in [-0.05, 0) is 35.7 Å². The summed E-state index contributed by atoms with van der Waals surface area (Å²) in [4.78, 5) is 24.0. The number of carbonyl (C=O) groups is 1. The van der Waals surface area contributed by atoms with Gasteiger partial charge in [0.05, 0.1) is 17.1 Å². The summed E-state index contributed by atoms with van der Waals surface area (Å²) in [5.74, 6) is -0.112. The maximum atomic E-state index is 14.1. The zero-order chi connectivity index (χ0) is 23.4. The first-order valence-electron chi connectivity index (χ1n) is 10.2. The van der Waals surface area contributed by atoms with E-state index in [1.54, 1.807) is 16.7 Å². The summed E-state index contributed by atoms with van der Waals surface area (Å²) in [6.45, 7) is 0. The highest BCUT2D eigenvalue weighted by atomic mass is 32.2. The van der Waals surface area contributed by atoms with Crippen LogP contribution >= 0.6 is 34.4 Å². The fourth-order valence-electron chi connectivity index (χ4n) is 4.13. The van der Waals surface area contributed by atoms with Crippen molar-refractivity contribution < 1.29 is 4.79 Å². The lowest BCUT2D eigenvalue weighted by molar-refractivity contribution is 0.100. The van der Waals surface area contributed by atoms with Crippen LogP contribution in [0.4, 0.5) is 22.9 Å². The summed E-state index contributed by atoms with van der Waals surface area (Å²) >= 11 is 4.31. The second kappa shape index (κ2) is 7.88. The molecule has 0 radical (unpaired) electrons. The molecular formula is C25H15N5OS3. The molecular weight excluding hydrogens is 483 g/mol. The number of carbonyl (C=O) groups excluding carboxylic acids is 1. The van der Waals surface area contributed by atoms with Crippen LogP contribution in [0.25, 0.3) is 20.7 Å². The molecule has 0 atom stereocenters. The van der Waals surface area contributed by atoms with Gasteiger partial charge in [-0.25, -0.2) is 4.98 Å². The Bertz CT molecular complexity index is 1600. The Kier molecular flexibility index (Phi) is 4.81. The number of benzene rings is 2. The average molecular weight is 498 g/mol. The second-order valence-corrected chi connectivity index (χ2v) is 10.6. The Balaban J connectivity index is 1.60. The van der Waals surface area contributed by atoms with Gasteiger partial charge < -0.3 is 11.5 Å². The van der Waals surface area contributed by atoms with Crippen LogP contribution < -0.4 is 16.4 Å². The number of nitrogen functional groups attached to an aromatic ring is 2. The highest BCUT2D eigenvalue weighted by Gasteiger charge is 2.32. The molecule has 1 aliphatic heterocycles. The van der Waals surface area contributed by atoms with Gasteiger partial charge in [0.2, 0.25) is 0 Å². The van der Waals surface area contributed by atoms with Crippen LogP contribution in [0.1, 0.15) is 15.2 Å². The van der Waals surface area contributed by atoms with Crippen molar-refractivity contribution in [1.29, 1.82) is 5.26 Å². The molecule has 34 heavy (non-hydrogen) atoms. The molecule has 164 valence electrons. The lowest BCUT2D eigenvalue weighted by atomic mass is 10.0. The highest BCUT2D eigenvalue weighted by molar-refractivity contribution is 7.99. The van der Waals surface area contributed by atoms with Crippen LogP contribution in [-0.4, -0.2) is 10.9 Å². The molecule has 0 saturated carbocycles. The summed E-state index contributed by atoms with van der Waals surface area (Å²) < 4.78 is 0. The maximum absolute atomic E-state index is 14.1. The number of thiophene rings is 2. The Labute approximate surface area is 207 Å². The van der Waals surface area contributed by atoms with Crippen LogP contribution in [-0.2, 0) is 0 Å². The van der Waals surface area contributed by atoms with Crippen molar-refractivity contribution >= 4 is 73.4 Å². The van der Waals surface area contributed by atoms with E-state index in [-0.39, 0.29) is 17.3 Å². The number of hydrogen-bond acceptors (Lipinski definition) is 8. The first-order valence-corrected chi connectivity index (χ1v) is 12.8. The van der Waals surface area contributed by atoms with Gasteiger partial charge in [0.25, 0.3) is 5.91 Å². The zero-order valence-corrected chi connectivity index (χ0v) is 19.9. The van der Waals surface area contributed by atoms with Gasteiger partial charge in [0.1, 0.15) is 27.2 Å². The molecule has 1 amide bonds. The summed E-state index contributed by atoms with van der Waals surface area (Å²) in [6, 6.07) is 21.6. The Hall–Kier alpha value is -3.84. The number of rotatable bonds is 2. The molecule has 2 aromatic carbocycles. The molecule has 5 aromatic rings. The first-order chi connectivity index (χ1) is 16.6. The van der Waals surface area contributed by atoms with Gasteiger partial charge in [0.15, 0.2) is 0 Å². The molecule has 6 nitrogen and oxygen atoms in total. The standard InChI is InChI=1S/C25H15N5OS3/c26-12-13-19(18-10-5-11-32-18)20-21(27)22(34-24(20)29-23(13)28)25(31)30-14-6-1-3-8-16(14)33-17-9-4-2-7-15(17)30/h1-11H,27H2,(H2,28,29). The number of amides is 1. The number of nitrogens with two attached hydrogens (primary N) is 2. The number of pyridine rings is 1. The van der Waals surface area contributed by atoms with Crippen LogP contribution in [0.5, 0.6) is 0 Å². The SMILES string of the molecule is N#Cc1c(N)nc2sc(C(=O)N3c4ccccc4Sc4ccccc43)c(N)c2c1-c1cccs1. The van der Waals surface area contributed by atoms with Gasteiger partial charge >= 0.3 is 0 Å². The third-order valence-corrected chi connectivity index (χ3v) is 8.72. The lowest BCUT2D eigenvalue weighted by Crippen LogP contribution is -2.28. The lowest BCUT2D eigenvalue weighted by Gasteiger charge is -2.30. The van der Waals surface area contributed by atoms with Crippen LogP contribution in [0.15, 0.2) is 75.8 Å². The minimum atomic E-state index is -0.241. The zero-order valence-electron chi connectivity index (χ0n) is 17.5. The largest absolute Gasteiger partial charge is 0.397 e. The quantitative estimate of drug-likeness (QED) is 0.288. The average Bonchev–Trinajstić information content (AvgIpc) is 3.49. The molecule has 0 saturated heterocycles. The van der Waals surface area contributed by atoms with Crippen molar-refractivity contribution in [1.82, 2.24) is 4.98 Å². The van der Waals surface area contributed by atoms with Gasteiger partial charge in [-0.3, -0.25) is 9.69 Å². The van der Waals surface area contributed by atoms with E-state index in [4.69, 9.17) is 11.5 Å². The third-order valence-electron chi connectivity index (χ3n) is 5.61. The molecule has 6 rings (SSSR count). The number of nitrogens with zero attached hydrogens (tertiary/aromatic N) is 3. The minimum Gasteiger partial charge on any atom is -0.397 e. The van der Waals surface area contributed by atoms with Crippen molar-refractivity contribution in [2.45, 2.75) is 9.79 Å². The molecule has 1 aliphatic rings. The molecule has 9 heteroatoms. The monoisotopic (exact) mass is 497 g/mol. The number of para-hydroxylation sites is 2. The maximum Gasteiger partial charge on any atom is 0.275 e. The van der Waals surface area contributed by atoms with Crippen LogP contribution in [0.2, 0.25) is 0 Å². The first kappa shape index (κ1) is 20.7. The minimum absolute atomic E-state index is 0.128. The van der Waals surface area contributed by atoms with Gasteiger partial charge in [0, 0.05) is 25.6 Å². The van der Waals surface area contributed by atoms with E-state index in [2.05, 4.69) is 11.1 Å². The molecule has 0 spiro atoms. The number of fused-ring (bicyclic) bond motifs is 3. The predicted octanol–water partition coefficient (Wildman–Crippen LogP) is 6.50. The van der Waals surface area contributed by atoms with E-state index in [0.29, 0.717) is 26.3 Å². The van der Waals surface area contributed by atoms with Gasteiger partial charge in [-0.2, -0.15) is 5.26 Å². The smallest absolute Gasteiger partial charge is 0.275 e. The van der Waals surface area contributed by atoms with Crippen molar-refractivity contribution in [3.05, 3.63) is 76.5 Å². The van der Waals surface area contributed by atoms with E-state index in [0.717, 1.165) is 26.0 Å². The van der Waals surface area contributed by atoms with Gasteiger partial charge in [-0.1, -0.05) is 42.1 Å². The van der Waals surface area contributed by atoms with Crippen molar-refractivity contribution in [2.24, 2.45) is 0 Å². The molecule has 0 bridgehead atoms. The van der Waals surface area contributed by atoms with E-state index in [1.165, 1.54) is 22.7 Å². The van der Waals surface area contributed by atoms with Crippen molar-refractivity contribution in [2.75, 3.05) is 16.4 Å². The number of anilines is 4. The topological polar surface area (TPSA) is 109 Å². The van der Waals surface area contributed by atoms with Gasteiger partial charge in [-0.15, -0.1) is 22.7 Å². The fourth-order valence-corrected chi connectivity index (χ4v) is 7.02. The van der Waals surface area contributed by atoms with Crippen LogP contribution in [0, 0.1) is 11.3 Å². The molecule has 0 fully saturated rings. The predicted molar refractivity (Wildman–Crippen MR) is 140 cm³/mol. The number of hydrogen-bond donors (Lipinski definition) is 2. The fraction of sp³-hybridized carbons (Fsp3) is 0. The van der Waals surface area contributed by atoms with Crippen molar-refractivity contribution in [3.8, 4) is 16.5 Å². The molecule has 4 N–H and O–H groups in total. The summed E-state index contributed by atoms with van der Waals surface area (Å²) in [5, 5.41) is 12.3. The Morgan fingerprint density at radius 3 is 2.26 bits per heavy atom. The van der Waals surface area contributed by atoms with Crippen LogP contribution in [0.3, 0.4) is 0 Å². The Morgan fingerprint density at radius 1 is 0.971 bits per heavy atom. The third kappa shape index (κ3) is 3.00. The Morgan fingerprint density at radius 2 is 1.65 bits per heavy atom. The summed E-state index contributed by atoms with van der Waals surface area (Å²) in [5.41, 5.74) is 15.6. The van der Waals surface area contributed by atoms with E-state index in [1.807, 2.05) is 66.0 Å². The van der Waals surface area contributed by atoms with E-state index < -0.39 is 0 Å². The molecule has 0 unspecified atom stereocenters. The highest BCUT2D eigenvalue weighted by Crippen LogP contribution is 2.50. The van der Waals surface area contributed by atoms with E-state index in [9.17, 15) is 10.1 Å². The molecule has 4 heterocycles. The summed E-state index contributed by atoms with van der Waals surface area (Å²) in [6.07, 6.45) is 0. The molecule has 0 aliphatic carbocycles. The number of aromatic nitrogens is 1. The van der Waals surface area contributed by atoms with E-state index >= 15 is 0 Å². The molecule has 3 aromatic heterocycles.